The molecule has 0 N–H and O–H groups in total. The van der Waals surface area contributed by atoms with Crippen LogP contribution in [0.1, 0.15) is 36.5 Å². The van der Waals surface area contributed by atoms with Gasteiger partial charge in [0, 0.05) is 36.0 Å². The minimum absolute atomic E-state index is 0.254. The summed E-state index contributed by atoms with van der Waals surface area (Å²) in [5, 5.41) is 0. The van der Waals surface area contributed by atoms with Crippen LogP contribution in [0.3, 0.4) is 0 Å². The zero-order chi connectivity index (χ0) is 19.5. The molecule has 1 aliphatic heterocycles. The molecule has 0 amide bonds. The topological polar surface area (TPSA) is 33.4 Å². The molecule has 0 spiro atoms. The number of imidazole rings is 1. The number of hydrogen-bond donors (Lipinski definition) is 0. The smallest absolute Gasteiger partial charge is 0.135 e. The molecule has 0 saturated heterocycles. The summed E-state index contributed by atoms with van der Waals surface area (Å²) >= 11 is 0. The largest absolute Gasteiger partial charge is 0.303 e. The molecule has 0 radical (unpaired) electrons. The Bertz CT molecular complexity index is 987. The first-order valence-corrected chi connectivity index (χ1v) is 9.89. The molecule has 5 heteroatoms. The van der Waals surface area contributed by atoms with Crippen molar-refractivity contribution in [2.45, 2.75) is 26.8 Å². The van der Waals surface area contributed by atoms with E-state index in [1.54, 1.807) is 6.07 Å². The monoisotopic (exact) mass is 376 g/mol. The molecular formula is C23H25FN4. The Morgan fingerprint density at radius 3 is 2.61 bits per heavy atom. The maximum absolute atomic E-state index is 14.2. The maximum atomic E-state index is 14.2. The summed E-state index contributed by atoms with van der Waals surface area (Å²) < 4.78 is 16.3. The van der Waals surface area contributed by atoms with E-state index in [-0.39, 0.29) is 5.82 Å². The van der Waals surface area contributed by atoms with Crippen LogP contribution in [-0.4, -0.2) is 39.8 Å². The van der Waals surface area contributed by atoms with Crippen LogP contribution in [0, 0.1) is 5.82 Å². The molecule has 0 unspecified atom stereocenters. The maximum Gasteiger partial charge on any atom is 0.135 e. The highest BCUT2D eigenvalue weighted by Crippen LogP contribution is 2.27. The summed E-state index contributed by atoms with van der Waals surface area (Å²) in [6.45, 7) is 7.87. The predicted molar refractivity (Wildman–Crippen MR) is 111 cm³/mol. The van der Waals surface area contributed by atoms with Crippen molar-refractivity contribution in [2.24, 2.45) is 4.99 Å². The summed E-state index contributed by atoms with van der Waals surface area (Å²) in [4.78, 5) is 11.9. The molecule has 0 aliphatic carbocycles. The van der Waals surface area contributed by atoms with E-state index in [1.807, 2.05) is 42.6 Å². The molecule has 1 aliphatic rings. The second-order valence-electron chi connectivity index (χ2n) is 6.97. The normalized spacial score (nSPS) is 13.1. The van der Waals surface area contributed by atoms with Crippen molar-refractivity contribution in [3.63, 3.8) is 0 Å². The molecule has 2 heterocycles. The third-order valence-electron chi connectivity index (χ3n) is 5.37. The van der Waals surface area contributed by atoms with Gasteiger partial charge in [0.15, 0.2) is 0 Å². The molecule has 2 aromatic carbocycles. The van der Waals surface area contributed by atoms with Gasteiger partial charge in [0.2, 0.25) is 0 Å². The van der Waals surface area contributed by atoms with Crippen molar-refractivity contribution in [3.8, 4) is 5.69 Å². The summed E-state index contributed by atoms with van der Waals surface area (Å²) in [5.41, 5.74) is 4.70. The molecule has 4 rings (SSSR count). The highest BCUT2D eigenvalue weighted by molar-refractivity contribution is 6.15. The number of halogens is 1. The fourth-order valence-electron chi connectivity index (χ4n) is 3.80. The number of hydrogen-bond acceptors (Lipinski definition) is 3. The zero-order valence-corrected chi connectivity index (χ0v) is 16.4. The number of rotatable bonds is 6. The Kier molecular flexibility index (Phi) is 5.35. The molecule has 28 heavy (non-hydrogen) atoms. The third-order valence-corrected chi connectivity index (χ3v) is 5.37. The molecule has 144 valence electrons. The third kappa shape index (κ3) is 3.50. The molecule has 0 bridgehead atoms. The summed E-state index contributed by atoms with van der Waals surface area (Å²) in [6.07, 6.45) is 2.83. The summed E-state index contributed by atoms with van der Waals surface area (Å²) in [5.74, 6) is 0.643. The first-order chi connectivity index (χ1) is 13.7. The average Bonchev–Trinajstić information content (AvgIpc) is 3.05. The second kappa shape index (κ2) is 8.07. The first kappa shape index (κ1) is 18.6. The van der Waals surface area contributed by atoms with Gasteiger partial charge < -0.3 is 4.90 Å². The van der Waals surface area contributed by atoms with E-state index < -0.39 is 0 Å². The number of aromatic nitrogens is 2. The van der Waals surface area contributed by atoms with Crippen molar-refractivity contribution in [2.75, 3.05) is 19.6 Å². The van der Waals surface area contributed by atoms with Gasteiger partial charge in [-0.05, 0) is 31.3 Å². The van der Waals surface area contributed by atoms with Crippen molar-refractivity contribution >= 4 is 5.71 Å². The number of benzene rings is 2. The van der Waals surface area contributed by atoms with Crippen molar-refractivity contribution in [3.05, 3.63) is 83.2 Å². The van der Waals surface area contributed by atoms with Gasteiger partial charge in [-0.2, -0.15) is 0 Å². The predicted octanol–water partition coefficient (Wildman–Crippen LogP) is 4.25. The van der Waals surface area contributed by atoms with Crippen LogP contribution < -0.4 is 0 Å². The Balaban J connectivity index is 1.79. The van der Waals surface area contributed by atoms with Crippen LogP contribution in [0.5, 0.6) is 0 Å². The minimum atomic E-state index is -0.254. The lowest BCUT2D eigenvalue weighted by molar-refractivity contribution is 0.306. The van der Waals surface area contributed by atoms with E-state index in [9.17, 15) is 4.39 Å². The molecule has 4 nitrogen and oxygen atoms in total. The SMILES string of the molecule is CCN(CC)CCc1cnc2n1-c1ccc(F)cc1C(c1ccccc1)=NC2. The molecule has 0 atom stereocenters. The zero-order valence-electron chi connectivity index (χ0n) is 16.4. The van der Waals surface area contributed by atoms with E-state index in [0.717, 1.165) is 60.1 Å². The van der Waals surface area contributed by atoms with Gasteiger partial charge in [-0.25, -0.2) is 9.37 Å². The van der Waals surface area contributed by atoms with E-state index in [2.05, 4.69) is 28.3 Å². The van der Waals surface area contributed by atoms with E-state index in [4.69, 9.17) is 4.99 Å². The van der Waals surface area contributed by atoms with Crippen LogP contribution in [0.25, 0.3) is 5.69 Å². The highest BCUT2D eigenvalue weighted by Gasteiger charge is 2.22. The molecule has 0 saturated carbocycles. The Hall–Kier alpha value is -2.79. The Labute approximate surface area is 165 Å². The highest BCUT2D eigenvalue weighted by atomic mass is 19.1. The first-order valence-electron chi connectivity index (χ1n) is 9.89. The average molecular weight is 376 g/mol. The minimum Gasteiger partial charge on any atom is -0.303 e. The molecule has 1 aromatic heterocycles. The Morgan fingerprint density at radius 2 is 1.86 bits per heavy atom. The van der Waals surface area contributed by atoms with Crippen LogP contribution in [-0.2, 0) is 13.0 Å². The number of aliphatic imine (C=N–C) groups is 1. The van der Waals surface area contributed by atoms with E-state index >= 15 is 0 Å². The van der Waals surface area contributed by atoms with Crippen molar-refractivity contribution in [1.82, 2.24) is 14.5 Å². The fraction of sp³-hybridized carbons (Fsp3) is 0.304. The molecular weight excluding hydrogens is 351 g/mol. The van der Waals surface area contributed by atoms with Gasteiger partial charge in [-0.1, -0.05) is 44.2 Å². The lowest BCUT2D eigenvalue weighted by atomic mass is 10.00. The van der Waals surface area contributed by atoms with Crippen molar-refractivity contribution < 1.29 is 4.39 Å². The fourth-order valence-corrected chi connectivity index (χ4v) is 3.80. The lowest BCUT2D eigenvalue weighted by Gasteiger charge is -2.19. The molecule has 3 aromatic rings. The number of fused-ring (bicyclic) bond motifs is 3. The molecule has 0 fully saturated rings. The van der Waals surface area contributed by atoms with Crippen LogP contribution in [0.15, 0.2) is 59.7 Å². The van der Waals surface area contributed by atoms with Gasteiger partial charge in [-0.15, -0.1) is 0 Å². The van der Waals surface area contributed by atoms with E-state index in [0.29, 0.717) is 6.54 Å². The number of nitrogens with zero attached hydrogens (tertiary/aromatic N) is 4. The number of likely N-dealkylation sites (N-methyl/N-ethyl adjacent to an activating group) is 1. The lowest BCUT2D eigenvalue weighted by Crippen LogP contribution is -2.26. The Morgan fingerprint density at radius 1 is 1.07 bits per heavy atom. The van der Waals surface area contributed by atoms with Gasteiger partial charge >= 0.3 is 0 Å². The van der Waals surface area contributed by atoms with Crippen LogP contribution >= 0.6 is 0 Å². The van der Waals surface area contributed by atoms with Crippen molar-refractivity contribution in [1.29, 1.82) is 0 Å². The standard InChI is InChI=1S/C23H25FN4/c1-3-27(4-2)13-12-19-15-25-22-16-26-23(17-8-6-5-7-9-17)20-14-18(24)10-11-21(20)28(19)22/h5-11,14-15H,3-4,12-13,16H2,1-2H3. The van der Waals surface area contributed by atoms with Gasteiger partial charge in [0.1, 0.15) is 11.6 Å². The van der Waals surface area contributed by atoms with Crippen LogP contribution in [0.2, 0.25) is 0 Å². The van der Waals surface area contributed by atoms with Gasteiger partial charge in [0.05, 0.1) is 17.9 Å². The summed E-state index contributed by atoms with van der Waals surface area (Å²) in [6, 6.07) is 14.9. The van der Waals surface area contributed by atoms with E-state index in [1.165, 1.54) is 6.07 Å². The van der Waals surface area contributed by atoms with Crippen LogP contribution in [0.4, 0.5) is 4.39 Å². The van der Waals surface area contributed by atoms with Gasteiger partial charge in [0.25, 0.3) is 0 Å². The van der Waals surface area contributed by atoms with Gasteiger partial charge in [-0.3, -0.25) is 9.56 Å². The second-order valence-corrected chi connectivity index (χ2v) is 6.97. The quantitative estimate of drug-likeness (QED) is 0.644. The summed E-state index contributed by atoms with van der Waals surface area (Å²) in [7, 11) is 0.